The molecule has 3 aromatic rings. The number of thiazole rings is 1. The Balaban J connectivity index is 1.70. The highest BCUT2D eigenvalue weighted by Crippen LogP contribution is 2.22. The molecule has 0 bridgehead atoms. The largest absolute Gasteiger partial charge is 0.379 e. The summed E-state index contributed by atoms with van der Waals surface area (Å²) in [4.78, 5) is 8.88. The van der Waals surface area contributed by atoms with E-state index in [0.717, 1.165) is 28.6 Å². The van der Waals surface area contributed by atoms with Crippen LogP contribution in [0.25, 0.3) is 10.7 Å². The van der Waals surface area contributed by atoms with Crippen molar-refractivity contribution in [1.29, 1.82) is 0 Å². The Morgan fingerprint density at radius 1 is 1.17 bits per heavy atom. The van der Waals surface area contributed by atoms with Gasteiger partial charge in [-0.2, -0.15) is 11.3 Å². The number of anilines is 1. The van der Waals surface area contributed by atoms with Crippen molar-refractivity contribution in [2.24, 2.45) is 0 Å². The molecule has 0 atom stereocenters. The lowest BCUT2D eigenvalue weighted by Gasteiger charge is -1.99. The molecule has 0 aliphatic carbocycles. The van der Waals surface area contributed by atoms with E-state index in [4.69, 9.17) is 0 Å². The molecule has 3 nitrogen and oxygen atoms in total. The van der Waals surface area contributed by atoms with Crippen LogP contribution in [0.15, 0.2) is 46.6 Å². The highest BCUT2D eigenvalue weighted by Gasteiger charge is 2.05. The van der Waals surface area contributed by atoms with Gasteiger partial charge in [0.2, 0.25) is 0 Å². The third-order valence-corrected chi connectivity index (χ3v) is 4.03. The monoisotopic (exact) mass is 273 g/mol. The van der Waals surface area contributed by atoms with Gasteiger partial charge in [-0.25, -0.2) is 4.98 Å². The van der Waals surface area contributed by atoms with Gasteiger partial charge in [0.1, 0.15) is 5.01 Å². The zero-order chi connectivity index (χ0) is 12.2. The maximum Gasteiger partial charge on any atom is 0.142 e. The topological polar surface area (TPSA) is 37.8 Å². The quantitative estimate of drug-likeness (QED) is 0.784. The third-order valence-electron chi connectivity index (χ3n) is 2.43. The van der Waals surface area contributed by atoms with Crippen LogP contribution in [0.3, 0.4) is 0 Å². The molecule has 0 fully saturated rings. The van der Waals surface area contributed by atoms with Crippen molar-refractivity contribution in [2.45, 2.75) is 6.54 Å². The smallest absolute Gasteiger partial charge is 0.142 e. The molecular weight excluding hydrogens is 262 g/mol. The Morgan fingerprint density at radius 3 is 2.94 bits per heavy atom. The van der Waals surface area contributed by atoms with Crippen LogP contribution in [-0.2, 0) is 6.54 Å². The summed E-state index contributed by atoms with van der Waals surface area (Å²) in [5.74, 6) is 0. The SMILES string of the molecule is c1ccc(-c2nc(CNc3ccsc3)cs2)nc1. The average Bonchev–Trinajstić information content (AvgIpc) is 3.09. The first kappa shape index (κ1) is 11.4. The number of nitrogens with zero attached hydrogens (tertiary/aromatic N) is 2. The number of pyridine rings is 1. The van der Waals surface area contributed by atoms with Crippen molar-refractivity contribution in [3.05, 3.63) is 52.3 Å². The molecule has 0 radical (unpaired) electrons. The van der Waals surface area contributed by atoms with Gasteiger partial charge in [-0.1, -0.05) is 6.07 Å². The number of thiophene rings is 1. The Hall–Kier alpha value is -1.72. The van der Waals surface area contributed by atoms with E-state index in [1.165, 1.54) is 0 Å². The predicted molar refractivity (Wildman–Crippen MR) is 77.0 cm³/mol. The van der Waals surface area contributed by atoms with Crippen molar-refractivity contribution in [1.82, 2.24) is 9.97 Å². The van der Waals surface area contributed by atoms with E-state index in [9.17, 15) is 0 Å². The van der Waals surface area contributed by atoms with Crippen LogP contribution in [0.4, 0.5) is 5.69 Å². The predicted octanol–water partition coefficient (Wildman–Crippen LogP) is 3.88. The molecular formula is C13H11N3S2. The Bertz CT molecular complexity index is 602. The highest BCUT2D eigenvalue weighted by molar-refractivity contribution is 7.13. The van der Waals surface area contributed by atoms with E-state index in [0.29, 0.717) is 0 Å². The van der Waals surface area contributed by atoms with E-state index in [-0.39, 0.29) is 0 Å². The first-order valence-corrected chi connectivity index (χ1v) is 7.36. The molecule has 1 N–H and O–H groups in total. The third kappa shape index (κ3) is 2.57. The second-order valence-electron chi connectivity index (χ2n) is 3.72. The lowest BCUT2D eigenvalue weighted by molar-refractivity contribution is 1.07. The van der Waals surface area contributed by atoms with Crippen LogP contribution in [0.1, 0.15) is 5.69 Å². The van der Waals surface area contributed by atoms with Crippen LogP contribution in [-0.4, -0.2) is 9.97 Å². The molecule has 5 heteroatoms. The average molecular weight is 273 g/mol. The summed E-state index contributed by atoms with van der Waals surface area (Å²) in [5.41, 5.74) is 3.13. The molecule has 3 rings (SSSR count). The van der Waals surface area contributed by atoms with E-state index in [1.54, 1.807) is 28.9 Å². The molecule has 90 valence electrons. The first-order chi connectivity index (χ1) is 8.92. The van der Waals surface area contributed by atoms with Gasteiger partial charge in [0, 0.05) is 22.6 Å². The molecule has 3 aromatic heterocycles. The van der Waals surface area contributed by atoms with Crippen molar-refractivity contribution >= 4 is 28.4 Å². The Morgan fingerprint density at radius 2 is 2.17 bits per heavy atom. The first-order valence-electron chi connectivity index (χ1n) is 5.54. The lowest BCUT2D eigenvalue weighted by atomic mass is 10.3. The summed E-state index contributed by atoms with van der Waals surface area (Å²) in [6.45, 7) is 0.750. The van der Waals surface area contributed by atoms with Crippen LogP contribution < -0.4 is 5.32 Å². The van der Waals surface area contributed by atoms with Gasteiger partial charge in [-0.15, -0.1) is 11.3 Å². The Kier molecular flexibility index (Phi) is 3.34. The number of nitrogens with one attached hydrogen (secondary N) is 1. The zero-order valence-electron chi connectivity index (χ0n) is 9.54. The summed E-state index contributed by atoms with van der Waals surface area (Å²) < 4.78 is 0. The number of hydrogen-bond acceptors (Lipinski definition) is 5. The lowest BCUT2D eigenvalue weighted by Crippen LogP contribution is -1.98. The summed E-state index contributed by atoms with van der Waals surface area (Å²) in [5, 5.41) is 10.5. The molecule has 0 spiro atoms. The number of rotatable bonds is 4. The summed E-state index contributed by atoms with van der Waals surface area (Å²) in [6.07, 6.45) is 1.79. The molecule has 0 aliphatic heterocycles. The molecule has 0 saturated carbocycles. The van der Waals surface area contributed by atoms with Crippen LogP contribution in [0.2, 0.25) is 0 Å². The fraction of sp³-hybridized carbons (Fsp3) is 0.0769. The van der Waals surface area contributed by atoms with Crippen molar-refractivity contribution in [3.8, 4) is 10.7 Å². The number of hydrogen-bond donors (Lipinski definition) is 1. The van der Waals surface area contributed by atoms with Gasteiger partial charge in [0.15, 0.2) is 0 Å². The normalized spacial score (nSPS) is 10.4. The fourth-order valence-corrected chi connectivity index (χ4v) is 2.96. The molecule has 0 saturated heterocycles. The standard InChI is InChI=1S/C13H11N3S2/c1-2-5-14-12(3-1)13-16-11(9-18-13)7-15-10-4-6-17-8-10/h1-6,8-9,15H,7H2. The molecule has 18 heavy (non-hydrogen) atoms. The van der Waals surface area contributed by atoms with Gasteiger partial charge in [0.05, 0.1) is 17.9 Å². The van der Waals surface area contributed by atoms with Crippen LogP contribution in [0.5, 0.6) is 0 Å². The molecule has 3 heterocycles. The molecule has 0 aliphatic rings. The second-order valence-corrected chi connectivity index (χ2v) is 5.36. The number of aromatic nitrogens is 2. The molecule has 0 aromatic carbocycles. The van der Waals surface area contributed by atoms with Gasteiger partial charge >= 0.3 is 0 Å². The van der Waals surface area contributed by atoms with Crippen molar-refractivity contribution in [3.63, 3.8) is 0 Å². The molecule has 0 amide bonds. The Labute approximate surface area is 113 Å². The van der Waals surface area contributed by atoms with E-state index >= 15 is 0 Å². The van der Waals surface area contributed by atoms with E-state index < -0.39 is 0 Å². The fourth-order valence-electron chi connectivity index (χ4n) is 1.55. The van der Waals surface area contributed by atoms with Crippen molar-refractivity contribution in [2.75, 3.05) is 5.32 Å². The van der Waals surface area contributed by atoms with Crippen LogP contribution >= 0.6 is 22.7 Å². The van der Waals surface area contributed by atoms with Gasteiger partial charge in [-0.05, 0) is 23.6 Å². The molecule has 0 unspecified atom stereocenters. The minimum absolute atomic E-state index is 0.750. The summed E-state index contributed by atoms with van der Waals surface area (Å²) >= 11 is 3.32. The van der Waals surface area contributed by atoms with Crippen LogP contribution in [0, 0.1) is 0 Å². The maximum atomic E-state index is 4.58. The summed E-state index contributed by atoms with van der Waals surface area (Å²) in [6, 6.07) is 7.94. The maximum absolute atomic E-state index is 4.58. The summed E-state index contributed by atoms with van der Waals surface area (Å²) in [7, 11) is 0. The minimum Gasteiger partial charge on any atom is -0.379 e. The highest BCUT2D eigenvalue weighted by atomic mass is 32.1. The minimum atomic E-state index is 0.750. The zero-order valence-corrected chi connectivity index (χ0v) is 11.2. The van der Waals surface area contributed by atoms with Gasteiger partial charge in [0.25, 0.3) is 0 Å². The van der Waals surface area contributed by atoms with Crippen molar-refractivity contribution < 1.29 is 0 Å². The van der Waals surface area contributed by atoms with Gasteiger partial charge < -0.3 is 5.32 Å². The van der Waals surface area contributed by atoms with Gasteiger partial charge in [-0.3, -0.25) is 4.98 Å². The van der Waals surface area contributed by atoms with E-state index in [2.05, 4.69) is 37.5 Å². The van der Waals surface area contributed by atoms with E-state index in [1.807, 2.05) is 18.2 Å². The second kappa shape index (κ2) is 5.29.